The number of carbonyl (C=O) groups is 1. The molecule has 1 heterocycles. The highest BCUT2D eigenvalue weighted by molar-refractivity contribution is 7.89. The van der Waals surface area contributed by atoms with Gasteiger partial charge in [0.2, 0.25) is 10.0 Å². The average Bonchev–Trinajstić information content (AvgIpc) is 2.90. The number of hydrogen-bond donors (Lipinski definition) is 1. The number of aryl methyl sites for hydroxylation is 1. The summed E-state index contributed by atoms with van der Waals surface area (Å²) in [6.45, 7) is 3.09. The fraction of sp³-hybridized carbons (Fsp3) is 0.308. The minimum Gasteiger partial charge on any atom is -0.458 e. The van der Waals surface area contributed by atoms with Crippen LogP contribution in [0.4, 0.5) is 0 Å². The van der Waals surface area contributed by atoms with Crippen LogP contribution in [0.25, 0.3) is 0 Å². The summed E-state index contributed by atoms with van der Waals surface area (Å²) >= 11 is 6.77. The van der Waals surface area contributed by atoms with E-state index in [0.29, 0.717) is 10.0 Å². The number of sulfonamides is 1. The molecular formula is C13H14ClN3O4S2. The Morgan fingerprint density at radius 1 is 1.39 bits per heavy atom. The molecule has 23 heavy (non-hydrogen) atoms. The van der Waals surface area contributed by atoms with Crippen LogP contribution in [0.15, 0.2) is 29.2 Å². The Morgan fingerprint density at radius 2 is 2.04 bits per heavy atom. The first kappa shape index (κ1) is 17.8. The van der Waals surface area contributed by atoms with Crippen molar-refractivity contribution in [2.75, 3.05) is 0 Å². The zero-order chi connectivity index (χ0) is 17.0. The first-order valence-electron chi connectivity index (χ1n) is 6.52. The number of carbonyl (C=O) groups excluding carboxylic acids is 1. The van der Waals surface area contributed by atoms with Crippen molar-refractivity contribution in [3.63, 3.8) is 0 Å². The van der Waals surface area contributed by atoms with Crippen LogP contribution in [-0.2, 0) is 26.2 Å². The van der Waals surface area contributed by atoms with Crippen molar-refractivity contribution in [3.8, 4) is 0 Å². The molecule has 0 aliphatic heterocycles. The number of hydrogen-bond acceptors (Lipinski definition) is 7. The molecule has 2 rings (SSSR count). The van der Waals surface area contributed by atoms with E-state index in [4.69, 9.17) is 16.3 Å². The van der Waals surface area contributed by atoms with Gasteiger partial charge in [-0.3, -0.25) is 4.79 Å². The second-order valence-corrected chi connectivity index (χ2v) is 7.83. The van der Waals surface area contributed by atoms with Crippen molar-refractivity contribution in [1.29, 1.82) is 0 Å². The van der Waals surface area contributed by atoms with Crippen LogP contribution in [0.5, 0.6) is 0 Å². The maximum atomic E-state index is 12.2. The first-order valence-corrected chi connectivity index (χ1v) is 9.15. The number of nitrogens with one attached hydrogen (secondary N) is 1. The fourth-order valence-electron chi connectivity index (χ4n) is 1.61. The lowest BCUT2D eigenvalue weighted by atomic mass is 10.2. The molecular weight excluding hydrogens is 362 g/mol. The zero-order valence-electron chi connectivity index (χ0n) is 12.3. The van der Waals surface area contributed by atoms with Crippen LogP contribution in [0.2, 0.25) is 4.34 Å². The Balaban J connectivity index is 1.97. The van der Waals surface area contributed by atoms with E-state index < -0.39 is 22.0 Å². The lowest BCUT2D eigenvalue weighted by Crippen LogP contribution is -2.39. The van der Waals surface area contributed by atoms with Gasteiger partial charge in [0.05, 0.1) is 4.90 Å². The van der Waals surface area contributed by atoms with Crippen molar-refractivity contribution in [2.24, 2.45) is 0 Å². The first-order chi connectivity index (χ1) is 10.8. The highest BCUT2D eigenvalue weighted by Crippen LogP contribution is 2.18. The zero-order valence-corrected chi connectivity index (χ0v) is 14.7. The largest absolute Gasteiger partial charge is 0.458 e. The Bertz CT molecular complexity index is 790. The predicted octanol–water partition coefficient (Wildman–Crippen LogP) is 1.91. The monoisotopic (exact) mass is 375 g/mol. The number of esters is 1. The molecule has 0 saturated carbocycles. The maximum absolute atomic E-state index is 12.2. The van der Waals surface area contributed by atoms with E-state index in [9.17, 15) is 13.2 Å². The van der Waals surface area contributed by atoms with E-state index in [2.05, 4.69) is 14.3 Å². The van der Waals surface area contributed by atoms with E-state index in [1.165, 1.54) is 19.1 Å². The van der Waals surface area contributed by atoms with E-state index >= 15 is 0 Å². The standard InChI is InChI=1S/C13H14ClN3O4S2/c1-8-3-5-10(6-4-8)23(19,20)16-9(2)13(18)21-7-11-12(14)22-17-15-11/h3-6,9,16H,7H2,1-2H3/t9-/m1/s1. The van der Waals surface area contributed by atoms with Crippen LogP contribution < -0.4 is 4.72 Å². The molecule has 1 N–H and O–H groups in total. The molecule has 0 aliphatic carbocycles. The molecule has 1 aromatic heterocycles. The predicted molar refractivity (Wildman–Crippen MR) is 85.7 cm³/mol. The summed E-state index contributed by atoms with van der Waals surface area (Å²) in [5, 5.41) is 3.70. The number of aromatic nitrogens is 2. The second-order valence-electron chi connectivity index (χ2n) is 4.76. The summed E-state index contributed by atoms with van der Waals surface area (Å²) in [6, 6.07) is 5.24. The number of halogens is 1. The summed E-state index contributed by atoms with van der Waals surface area (Å²) < 4.78 is 35.6. The van der Waals surface area contributed by atoms with Gasteiger partial charge in [-0.2, -0.15) is 4.72 Å². The van der Waals surface area contributed by atoms with E-state index in [0.717, 1.165) is 17.1 Å². The Labute approximate surface area is 142 Å². The molecule has 0 bridgehead atoms. The van der Waals surface area contributed by atoms with Gasteiger partial charge in [-0.25, -0.2) is 8.42 Å². The summed E-state index contributed by atoms with van der Waals surface area (Å²) in [5.74, 6) is -0.732. The van der Waals surface area contributed by atoms with Crippen molar-refractivity contribution >= 4 is 39.1 Å². The minimum atomic E-state index is -3.80. The quantitative estimate of drug-likeness (QED) is 0.774. The molecule has 7 nitrogen and oxygen atoms in total. The SMILES string of the molecule is Cc1ccc(S(=O)(=O)N[C@H](C)C(=O)OCc2nnsc2Cl)cc1. The van der Waals surface area contributed by atoms with Crippen LogP contribution in [0, 0.1) is 6.92 Å². The lowest BCUT2D eigenvalue weighted by molar-refractivity contribution is -0.146. The maximum Gasteiger partial charge on any atom is 0.324 e. The van der Waals surface area contributed by atoms with Crippen molar-refractivity contribution in [3.05, 3.63) is 39.9 Å². The molecule has 10 heteroatoms. The number of nitrogens with zero attached hydrogens (tertiary/aromatic N) is 2. The van der Waals surface area contributed by atoms with Gasteiger partial charge in [0, 0.05) is 11.5 Å². The van der Waals surface area contributed by atoms with Crippen molar-refractivity contribution in [2.45, 2.75) is 31.4 Å². The number of benzene rings is 1. The topological polar surface area (TPSA) is 98.2 Å². The van der Waals surface area contributed by atoms with Crippen LogP contribution in [0.3, 0.4) is 0 Å². The van der Waals surface area contributed by atoms with Crippen LogP contribution in [-0.4, -0.2) is 30.0 Å². The van der Waals surface area contributed by atoms with Gasteiger partial charge in [0.25, 0.3) is 0 Å². The smallest absolute Gasteiger partial charge is 0.324 e. The summed E-state index contributed by atoms with van der Waals surface area (Å²) in [4.78, 5) is 12.0. The van der Waals surface area contributed by atoms with Gasteiger partial charge in [0.15, 0.2) is 0 Å². The van der Waals surface area contributed by atoms with E-state index in [1.54, 1.807) is 12.1 Å². The Hall–Kier alpha value is -1.55. The Morgan fingerprint density at radius 3 is 2.61 bits per heavy atom. The molecule has 1 atom stereocenters. The van der Waals surface area contributed by atoms with E-state index in [-0.39, 0.29) is 11.5 Å². The second kappa shape index (κ2) is 7.35. The van der Waals surface area contributed by atoms with Gasteiger partial charge < -0.3 is 4.74 Å². The van der Waals surface area contributed by atoms with Gasteiger partial charge in [-0.1, -0.05) is 33.8 Å². The number of rotatable bonds is 6. The third-order valence-electron chi connectivity index (χ3n) is 2.88. The molecule has 2 aromatic rings. The highest BCUT2D eigenvalue weighted by Gasteiger charge is 2.23. The molecule has 0 saturated heterocycles. The van der Waals surface area contributed by atoms with Crippen molar-refractivity contribution in [1.82, 2.24) is 14.3 Å². The van der Waals surface area contributed by atoms with Gasteiger partial charge in [0.1, 0.15) is 22.7 Å². The third kappa shape index (κ3) is 4.71. The molecule has 0 fully saturated rings. The molecule has 0 aliphatic rings. The Kier molecular flexibility index (Phi) is 5.69. The summed E-state index contributed by atoms with van der Waals surface area (Å²) in [6.07, 6.45) is 0. The van der Waals surface area contributed by atoms with E-state index in [1.807, 2.05) is 6.92 Å². The van der Waals surface area contributed by atoms with Gasteiger partial charge in [-0.05, 0) is 26.0 Å². The lowest BCUT2D eigenvalue weighted by Gasteiger charge is -2.13. The van der Waals surface area contributed by atoms with Gasteiger partial charge >= 0.3 is 5.97 Å². The van der Waals surface area contributed by atoms with Crippen molar-refractivity contribution < 1.29 is 17.9 Å². The highest BCUT2D eigenvalue weighted by atomic mass is 35.5. The van der Waals surface area contributed by atoms with Crippen LogP contribution in [0.1, 0.15) is 18.2 Å². The summed E-state index contributed by atoms with van der Waals surface area (Å²) in [7, 11) is -3.80. The molecule has 124 valence electrons. The normalized spacial score (nSPS) is 12.8. The van der Waals surface area contributed by atoms with Gasteiger partial charge in [-0.15, -0.1) is 5.10 Å². The molecule has 1 aromatic carbocycles. The van der Waals surface area contributed by atoms with Crippen LogP contribution >= 0.6 is 23.1 Å². The third-order valence-corrected chi connectivity index (χ3v) is 5.42. The molecule has 0 unspecified atom stereocenters. The fourth-order valence-corrected chi connectivity index (χ4v) is 3.41. The summed E-state index contributed by atoms with van der Waals surface area (Å²) in [5.41, 5.74) is 1.27. The average molecular weight is 376 g/mol. The molecule has 0 radical (unpaired) electrons. The minimum absolute atomic E-state index is 0.0782. The number of ether oxygens (including phenoxy) is 1. The molecule has 0 spiro atoms. The molecule has 0 amide bonds.